The molecule has 0 aliphatic heterocycles. The third kappa shape index (κ3) is 44.9. The van der Waals surface area contributed by atoms with Crippen LogP contribution >= 0.6 is 0 Å². The molecule has 0 atom stereocenters. The number of unbranched alkanes of at least 4 members (excludes halogenated alkanes) is 2. The Morgan fingerprint density at radius 2 is 0.880 bits per heavy atom. The summed E-state index contributed by atoms with van der Waals surface area (Å²) in [5, 5.41) is 37.7. The molecule has 8 nitrogen and oxygen atoms in total. The van der Waals surface area contributed by atoms with E-state index in [0.717, 1.165) is 0 Å². The summed E-state index contributed by atoms with van der Waals surface area (Å²) in [6.07, 6.45) is 7.38. The second-order valence-corrected chi connectivity index (χ2v) is 8.68. The number of hydrogen-bond acceptors (Lipinski definition) is 8. The first-order valence-corrected chi connectivity index (χ1v) is 11.6. The number of rotatable bonds is 10. The molecule has 138 valence electrons. The Hall–Kier alpha value is -1.84. The summed E-state index contributed by atoms with van der Waals surface area (Å²) in [6, 6.07) is 0. The van der Waals surface area contributed by atoms with E-state index in [1.807, 2.05) is 0 Å². The largest absolute Gasteiger partial charge is 0.545 e. The Morgan fingerprint density at radius 1 is 0.640 bits per heavy atom. The molecule has 0 saturated heterocycles. The first-order valence-electron chi connectivity index (χ1n) is 7.58. The van der Waals surface area contributed by atoms with E-state index in [4.69, 9.17) is 0 Å². The van der Waals surface area contributed by atoms with Crippen molar-refractivity contribution in [3.63, 3.8) is 0 Å². The van der Waals surface area contributed by atoms with Gasteiger partial charge in [-0.3, -0.25) is 0 Å². The predicted octanol–water partition coefficient (Wildman–Crippen LogP) is -2.79. The van der Waals surface area contributed by atoms with Crippen molar-refractivity contribution in [2.45, 2.75) is 48.4 Å². The molecule has 0 fully saturated rings. The molecule has 0 N–H and O–H groups in total. The Morgan fingerprint density at radius 3 is 1.04 bits per heavy atom. The minimum atomic E-state index is -1.55. The molecule has 0 aromatic carbocycles. The van der Waals surface area contributed by atoms with E-state index in [1.54, 1.807) is 8.87 Å². The van der Waals surface area contributed by atoms with Gasteiger partial charge in [-0.1, -0.05) is 0 Å². The monoisotopic (exact) mass is 462 g/mol. The zero-order valence-electron chi connectivity index (χ0n) is 14.3. The summed E-state index contributed by atoms with van der Waals surface area (Å²) in [6.45, 7) is 4.58. The van der Waals surface area contributed by atoms with Crippen LogP contribution in [0.1, 0.15) is 39.5 Å². The number of carboxylic acids is 4. The van der Waals surface area contributed by atoms with Crippen LogP contribution in [0.25, 0.3) is 0 Å². The second kappa shape index (κ2) is 22.2. The second-order valence-electron chi connectivity index (χ2n) is 4.40. The van der Waals surface area contributed by atoms with Gasteiger partial charge in [-0.2, -0.15) is 0 Å². The molecule has 0 aliphatic rings. The van der Waals surface area contributed by atoms with E-state index < -0.39 is 23.9 Å². The Kier molecular flexibility index (Phi) is 24.8. The molecular formula is C16H22O8Sn. The molecule has 0 aromatic heterocycles. The summed E-state index contributed by atoms with van der Waals surface area (Å²) in [7, 11) is 0. The molecule has 0 aromatic rings. The van der Waals surface area contributed by atoms with Crippen molar-refractivity contribution in [3.8, 4) is 0 Å². The number of hydrogen-bond donors (Lipinski definition) is 0. The van der Waals surface area contributed by atoms with Crippen LogP contribution in [-0.4, -0.2) is 45.0 Å². The van der Waals surface area contributed by atoms with Crippen LogP contribution in [0.5, 0.6) is 0 Å². The van der Waals surface area contributed by atoms with Crippen LogP contribution in [0.2, 0.25) is 8.87 Å². The molecule has 9 heteroatoms. The van der Waals surface area contributed by atoms with Crippen molar-refractivity contribution in [1.29, 1.82) is 0 Å². The minimum Gasteiger partial charge on any atom is -0.545 e. The van der Waals surface area contributed by atoms with Gasteiger partial charge in [0.2, 0.25) is 0 Å². The average Bonchev–Trinajstić information content (AvgIpc) is 2.52. The van der Waals surface area contributed by atoms with Gasteiger partial charge in [-0.15, -0.1) is 0 Å². The number of aliphatic carboxylic acids is 4. The maximum atomic E-state index is 9.41. The SMILES string of the molecule is CCC[CH2][Sn+4][CH2]CCC.O=C([O-])/C=C\C(=O)[O-].O=C([O-])/C=C\C(=O)[O-]. The molecule has 0 saturated carbocycles. The van der Waals surface area contributed by atoms with Crippen LogP contribution in [-0.2, 0) is 19.2 Å². The van der Waals surface area contributed by atoms with Gasteiger partial charge in [0.15, 0.2) is 0 Å². The molecule has 0 heterocycles. The standard InChI is InChI=1S/2C4H4O4.2C4H9.Sn/c2*5-3(6)1-2-4(7)8;2*1-3-4-2;/h2*1-2H,(H,5,6)(H,7,8);2*1,3-4H2,2H3;/q;;;;+4/p-4/b2*2-1-;;;. The van der Waals surface area contributed by atoms with Gasteiger partial charge in [-0.05, 0) is 24.3 Å². The number of carbonyl (C=O) groups is 4. The molecule has 0 bridgehead atoms. The van der Waals surface area contributed by atoms with Gasteiger partial charge in [0.05, 0.1) is 23.9 Å². The van der Waals surface area contributed by atoms with Crippen molar-refractivity contribution >= 4 is 45.0 Å². The summed E-state index contributed by atoms with van der Waals surface area (Å²) < 4.78 is 3.25. The Bertz CT molecular complexity index is 371. The zero-order chi connectivity index (χ0) is 20.1. The fraction of sp³-hybridized carbons (Fsp3) is 0.500. The van der Waals surface area contributed by atoms with Gasteiger partial charge in [0, 0.05) is 0 Å². The van der Waals surface area contributed by atoms with E-state index >= 15 is 0 Å². The van der Waals surface area contributed by atoms with Crippen LogP contribution in [0.4, 0.5) is 0 Å². The third-order valence-electron chi connectivity index (χ3n) is 2.13. The number of carboxylic acid groups (broad SMARTS) is 4. The van der Waals surface area contributed by atoms with Crippen LogP contribution in [0, 0.1) is 0 Å². The van der Waals surface area contributed by atoms with Crippen molar-refractivity contribution in [2.24, 2.45) is 0 Å². The van der Waals surface area contributed by atoms with Gasteiger partial charge in [-0.25, -0.2) is 0 Å². The fourth-order valence-corrected chi connectivity index (χ4v) is 5.16. The van der Waals surface area contributed by atoms with E-state index in [9.17, 15) is 39.6 Å². The zero-order valence-corrected chi connectivity index (χ0v) is 17.2. The van der Waals surface area contributed by atoms with E-state index in [-0.39, 0.29) is 21.1 Å². The van der Waals surface area contributed by atoms with Crippen molar-refractivity contribution in [1.82, 2.24) is 0 Å². The van der Waals surface area contributed by atoms with Crippen molar-refractivity contribution in [2.75, 3.05) is 0 Å². The third-order valence-corrected chi connectivity index (χ3v) is 6.16. The summed E-state index contributed by atoms with van der Waals surface area (Å²) in [4.78, 5) is 37.7. The first kappa shape index (κ1) is 28.0. The van der Waals surface area contributed by atoms with Gasteiger partial charge >= 0.3 is 69.5 Å². The molecule has 0 spiro atoms. The molecule has 0 aliphatic carbocycles. The molecule has 25 heavy (non-hydrogen) atoms. The minimum absolute atomic E-state index is 0.149. The first-order chi connectivity index (χ1) is 11.7. The van der Waals surface area contributed by atoms with Gasteiger partial charge in [0.1, 0.15) is 0 Å². The Labute approximate surface area is 157 Å². The van der Waals surface area contributed by atoms with Crippen LogP contribution in [0.3, 0.4) is 0 Å². The van der Waals surface area contributed by atoms with Gasteiger partial charge in [0.25, 0.3) is 0 Å². The number of carbonyl (C=O) groups excluding carboxylic acids is 4. The van der Waals surface area contributed by atoms with E-state index in [1.165, 1.54) is 25.7 Å². The smallest absolute Gasteiger partial charge is 0.0643 e. The van der Waals surface area contributed by atoms with Crippen LogP contribution in [0.15, 0.2) is 24.3 Å². The predicted molar refractivity (Wildman–Crippen MR) is 83.5 cm³/mol. The summed E-state index contributed by atoms with van der Waals surface area (Å²) >= 11 is 0.149. The maximum Gasteiger partial charge on any atom is 0.0643 e. The maximum absolute atomic E-state index is 9.41. The summed E-state index contributed by atoms with van der Waals surface area (Å²) in [5.41, 5.74) is 0. The van der Waals surface area contributed by atoms with Gasteiger partial charge < -0.3 is 39.6 Å². The Balaban J connectivity index is -0.000000291. The molecule has 0 unspecified atom stereocenters. The fourth-order valence-electron chi connectivity index (χ4n) is 1.00. The van der Waals surface area contributed by atoms with Crippen LogP contribution < -0.4 is 20.4 Å². The average molecular weight is 461 g/mol. The van der Waals surface area contributed by atoms with E-state index in [2.05, 4.69) is 13.8 Å². The molecule has 6 radical (unpaired) electrons. The molecule has 0 amide bonds. The quantitative estimate of drug-likeness (QED) is 0.192. The van der Waals surface area contributed by atoms with Crippen molar-refractivity contribution in [3.05, 3.63) is 24.3 Å². The normalized spacial score (nSPS) is 9.68. The molecule has 0 rings (SSSR count). The van der Waals surface area contributed by atoms with Crippen molar-refractivity contribution < 1.29 is 39.6 Å². The van der Waals surface area contributed by atoms with E-state index in [0.29, 0.717) is 24.3 Å². The topological polar surface area (TPSA) is 161 Å². The molecular weight excluding hydrogens is 439 g/mol. The summed E-state index contributed by atoms with van der Waals surface area (Å²) in [5.74, 6) is -6.19.